The van der Waals surface area contributed by atoms with E-state index in [1.807, 2.05) is 23.7 Å². The Labute approximate surface area is 122 Å². The average molecular weight is 295 g/mol. The van der Waals surface area contributed by atoms with Crippen LogP contribution in [0.2, 0.25) is 0 Å². The molecule has 0 spiro atoms. The molecule has 5 heteroatoms. The van der Waals surface area contributed by atoms with E-state index in [2.05, 4.69) is 19.2 Å². The molecule has 1 rings (SSSR count). The normalized spacial score (nSPS) is 20.3. The van der Waals surface area contributed by atoms with E-state index in [-0.39, 0.29) is 12.4 Å². The number of nitrogens with zero attached hydrogens (tertiary/aromatic N) is 1. The van der Waals surface area contributed by atoms with Gasteiger partial charge in [0.1, 0.15) is 0 Å². The Hall–Kier alpha value is 0.0700. The second kappa shape index (κ2) is 9.93. The third kappa shape index (κ3) is 6.30. The lowest BCUT2D eigenvalue weighted by molar-refractivity contribution is -0.132. The minimum Gasteiger partial charge on any atom is -0.343 e. The number of carbonyl (C=O) groups is 1. The molecule has 0 aliphatic carbocycles. The molecule has 0 radical (unpaired) electrons. The van der Waals surface area contributed by atoms with Gasteiger partial charge in [-0.25, -0.2) is 0 Å². The van der Waals surface area contributed by atoms with Gasteiger partial charge in [0.2, 0.25) is 5.91 Å². The molecule has 108 valence electrons. The van der Waals surface area contributed by atoms with E-state index in [0.29, 0.717) is 24.4 Å². The van der Waals surface area contributed by atoms with E-state index in [1.54, 1.807) is 0 Å². The van der Waals surface area contributed by atoms with Crippen LogP contribution in [-0.2, 0) is 4.79 Å². The van der Waals surface area contributed by atoms with Gasteiger partial charge < -0.3 is 10.2 Å². The maximum atomic E-state index is 12.1. The van der Waals surface area contributed by atoms with Crippen LogP contribution in [0.4, 0.5) is 0 Å². The predicted octanol–water partition coefficient (Wildman–Crippen LogP) is 2.54. The van der Waals surface area contributed by atoms with Crippen molar-refractivity contribution < 1.29 is 4.79 Å². The van der Waals surface area contributed by atoms with Gasteiger partial charge in [-0.3, -0.25) is 4.79 Å². The van der Waals surface area contributed by atoms with Crippen molar-refractivity contribution in [3.05, 3.63) is 0 Å². The number of hydrogen-bond donors (Lipinski definition) is 1. The van der Waals surface area contributed by atoms with Crippen molar-refractivity contribution in [1.82, 2.24) is 10.2 Å². The molecular formula is C13H27ClN2OS. The van der Waals surface area contributed by atoms with Gasteiger partial charge in [-0.2, -0.15) is 11.8 Å². The van der Waals surface area contributed by atoms with Crippen molar-refractivity contribution in [3.8, 4) is 0 Å². The van der Waals surface area contributed by atoms with Crippen LogP contribution in [-0.4, -0.2) is 48.0 Å². The molecule has 0 aromatic rings. The first-order valence-corrected chi connectivity index (χ1v) is 7.87. The molecule has 0 saturated carbocycles. The molecule has 3 nitrogen and oxygen atoms in total. The first kappa shape index (κ1) is 18.1. The number of nitrogens with one attached hydrogen (secondary N) is 1. The minimum atomic E-state index is 0. The zero-order chi connectivity index (χ0) is 12.7. The number of thioether (sulfide) groups is 1. The van der Waals surface area contributed by atoms with E-state index in [1.165, 1.54) is 6.42 Å². The van der Waals surface area contributed by atoms with Gasteiger partial charge in [-0.05, 0) is 44.2 Å². The quantitative estimate of drug-likeness (QED) is 0.733. The molecule has 0 aromatic carbocycles. The highest BCUT2D eigenvalue weighted by atomic mass is 35.5. The van der Waals surface area contributed by atoms with Gasteiger partial charge in [0.05, 0.1) is 0 Å². The van der Waals surface area contributed by atoms with Crippen molar-refractivity contribution in [3.63, 3.8) is 0 Å². The van der Waals surface area contributed by atoms with Gasteiger partial charge in [0, 0.05) is 25.6 Å². The fourth-order valence-electron chi connectivity index (χ4n) is 2.12. The van der Waals surface area contributed by atoms with E-state index in [9.17, 15) is 4.79 Å². The molecule has 1 fully saturated rings. The van der Waals surface area contributed by atoms with Crippen LogP contribution in [0.15, 0.2) is 0 Å². The van der Waals surface area contributed by atoms with Crippen LogP contribution < -0.4 is 5.32 Å². The summed E-state index contributed by atoms with van der Waals surface area (Å²) in [6, 6.07) is 0.783. The summed E-state index contributed by atoms with van der Waals surface area (Å²) in [6.45, 7) is 5.40. The van der Waals surface area contributed by atoms with Crippen LogP contribution in [0, 0.1) is 0 Å². The van der Waals surface area contributed by atoms with Gasteiger partial charge >= 0.3 is 0 Å². The molecule has 1 N–H and O–H groups in total. The zero-order valence-electron chi connectivity index (χ0n) is 11.8. The Morgan fingerprint density at radius 2 is 2.28 bits per heavy atom. The number of halogens is 1. The van der Waals surface area contributed by atoms with Gasteiger partial charge in [0.25, 0.3) is 0 Å². The molecule has 1 heterocycles. The molecule has 2 atom stereocenters. The maximum Gasteiger partial charge on any atom is 0.224 e. The highest BCUT2D eigenvalue weighted by molar-refractivity contribution is 7.99. The van der Waals surface area contributed by atoms with Crippen LogP contribution in [0.25, 0.3) is 0 Å². The summed E-state index contributed by atoms with van der Waals surface area (Å²) >= 11 is 1.95. The van der Waals surface area contributed by atoms with E-state index in [4.69, 9.17) is 0 Å². The van der Waals surface area contributed by atoms with Crippen molar-refractivity contribution in [2.24, 2.45) is 0 Å². The topological polar surface area (TPSA) is 32.3 Å². The lowest BCUT2D eigenvalue weighted by Crippen LogP contribution is -2.38. The summed E-state index contributed by atoms with van der Waals surface area (Å²) in [4.78, 5) is 14.0. The van der Waals surface area contributed by atoms with Gasteiger partial charge in [0.15, 0.2) is 0 Å². The standard InChI is InChI=1S/C13H26N2OS.ClH/c1-4-17-9-7-11(2)15(3)13(16)10-12-6-5-8-14-12;/h11-12,14H,4-10H2,1-3H3;1H. The van der Waals surface area contributed by atoms with E-state index in [0.717, 1.165) is 30.9 Å². The van der Waals surface area contributed by atoms with Gasteiger partial charge in [-0.1, -0.05) is 6.92 Å². The number of hydrogen-bond acceptors (Lipinski definition) is 3. The van der Waals surface area contributed by atoms with Crippen LogP contribution in [0.1, 0.15) is 39.5 Å². The summed E-state index contributed by atoms with van der Waals surface area (Å²) in [5.41, 5.74) is 0. The SMILES string of the molecule is CCSCCC(C)N(C)C(=O)CC1CCCN1.Cl. The second-order valence-corrected chi connectivity index (χ2v) is 6.23. The summed E-state index contributed by atoms with van der Waals surface area (Å²) in [6.07, 6.45) is 4.13. The molecule has 1 aliphatic heterocycles. The van der Waals surface area contributed by atoms with Crippen molar-refractivity contribution in [2.75, 3.05) is 25.1 Å². The average Bonchev–Trinajstić information content (AvgIpc) is 2.81. The maximum absolute atomic E-state index is 12.1. The Morgan fingerprint density at radius 1 is 1.56 bits per heavy atom. The predicted molar refractivity (Wildman–Crippen MR) is 82.7 cm³/mol. The van der Waals surface area contributed by atoms with Crippen LogP contribution >= 0.6 is 24.2 Å². The fraction of sp³-hybridized carbons (Fsp3) is 0.923. The molecule has 0 aromatic heterocycles. The fourth-order valence-corrected chi connectivity index (χ4v) is 2.92. The number of rotatable bonds is 7. The number of amides is 1. The zero-order valence-corrected chi connectivity index (χ0v) is 13.4. The Balaban J connectivity index is 0.00000289. The van der Waals surface area contributed by atoms with Crippen molar-refractivity contribution in [2.45, 2.75) is 51.6 Å². The first-order valence-electron chi connectivity index (χ1n) is 6.72. The van der Waals surface area contributed by atoms with Gasteiger partial charge in [-0.15, -0.1) is 12.4 Å². The summed E-state index contributed by atoms with van der Waals surface area (Å²) in [5, 5.41) is 3.38. The highest BCUT2D eigenvalue weighted by Gasteiger charge is 2.21. The lowest BCUT2D eigenvalue weighted by Gasteiger charge is -2.26. The monoisotopic (exact) mass is 294 g/mol. The third-order valence-corrected chi connectivity index (χ3v) is 4.45. The largest absolute Gasteiger partial charge is 0.343 e. The molecule has 1 saturated heterocycles. The molecule has 1 amide bonds. The Morgan fingerprint density at radius 3 is 2.83 bits per heavy atom. The Kier molecular flexibility index (Phi) is 9.97. The molecule has 1 aliphatic rings. The van der Waals surface area contributed by atoms with E-state index < -0.39 is 0 Å². The smallest absolute Gasteiger partial charge is 0.224 e. The van der Waals surface area contributed by atoms with Crippen molar-refractivity contribution >= 4 is 30.1 Å². The van der Waals surface area contributed by atoms with Crippen LogP contribution in [0.3, 0.4) is 0 Å². The first-order chi connectivity index (χ1) is 8.15. The minimum absolute atomic E-state index is 0. The molecule has 18 heavy (non-hydrogen) atoms. The summed E-state index contributed by atoms with van der Waals surface area (Å²) < 4.78 is 0. The molecule has 0 bridgehead atoms. The van der Waals surface area contributed by atoms with Crippen molar-refractivity contribution in [1.29, 1.82) is 0 Å². The molecular weight excluding hydrogens is 268 g/mol. The summed E-state index contributed by atoms with van der Waals surface area (Å²) in [5.74, 6) is 2.60. The second-order valence-electron chi connectivity index (χ2n) is 4.84. The van der Waals surface area contributed by atoms with E-state index >= 15 is 0 Å². The summed E-state index contributed by atoms with van der Waals surface area (Å²) in [7, 11) is 1.94. The number of carbonyl (C=O) groups excluding carboxylic acids is 1. The third-order valence-electron chi connectivity index (χ3n) is 3.52. The highest BCUT2D eigenvalue weighted by Crippen LogP contribution is 2.13. The lowest BCUT2D eigenvalue weighted by atomic mass is 10.1. The molecule has 2 unspecified atom stereocenters. The van der Waals surface area contributed by atoms with Crippen LogP contribution in [0.5, 0.6) is 0 Å². The Bertz CT molecular complexity index is 235.